The molecular formula is C14H18FNO4. The minimum Gasteiger partial charge on any atom is -0.481 e. The SMILES string of the molecule is COCC(C)NC(=O)COc1ccc(C(C)=O)cc1F. The third kappa shape index (κ3) is 4.97. The van der Waals surface area contributed by atoms with Crippen LogP contribution in [-0.2, 0) is 9.53 Å². The Morgan fingerprint density at radius 2 is 2.10 bits per heavy atom. The summed E-state index contributed by atoms with van der Waals surface area (Å²) in [6, 6.07) is 3.72. The Morgan fingerprint density at radius 1 is 1.40 bits per heavy atom. The van der Waals surface area contributed by atoms with Crippen LogP contribution in [0.15, 0.2) is 18.2 Å². The van der Waals surface area contributed by atoms with Gasteiger partial charge in [0.15, 0.2) is 24.0 Å². The van der Waals surface area contributed by atoms with Crippen molar-refractivity contribution in [1.29, 1.82) is 0 Å². The second kappa shape index (κ2) is 7.59. The molecule has 0 aliphatic carbocycles. The van der Waals surface area contributed by atoms with Gasteiger partial charge in [0, 0.05) is 18.7 Å². The number of carbonyl (C=O) groups excluding carboxylic acids is 2. The number of halogens is 1. The van der Waals surface area contributed by atoms with Crippen molar-refractivity contribution in [3.63, 3.8) is 0 Å². The average Bonchev–Trinajstić information content (AvgIpc) is 2.37. The lowest BCUT2D eigenvalue weighted by atomic mass is 10.1. The zero-order valence-corrected chi connectivity index (χ0v) is 11.7. The van der Waals surface area contributed by atoms with Crippen LogP contribution < -0.4 is 10.1 Å². The van der Waals surface area contributed by atoms with Gasteiger partial charge >= 0.3 is 0 Å². The number of hydrogen-bond donors (Lipinski definition) is 1. The van der Waals surface area contributed by atoms with E-state index in [0.717, 1.165) is 6.07 Å². The molecule has 5 nitrogen and oxygen atoms in total. The van der Waals surface area contributed by atoms with E-state index in [0.29, 0.717) is 6.61 Å². The monoisotopic (exact) mass is 283 g/mol. The average molecular weight is 283 g/mol. The number of ketones is 1. The second-order valence-corrected chi connectivity index (χ2v) is 4.41. The normalized spacial score (nSPS) is 11.8. The number of hydrogen-bond acceptors (Lipinski definition) is 4. The van der Waals surface area contributed by atoms with E-state index in [9.17, 15) is 14.0 Å². The molecule has 0 aromatic heterocycles. The van der Waals surface area contributed by atoms with Gasteiger partial charge in [0.1, 0.15) is 0 Å². The number of methoxy groups -OCH3 is 1. The lowest BCUT2D eigenvalue weighted by molar-refractivity contribution is -0.124. The van der Waals surface area contributed by atoms with Gasteiger partial charge < -0.3 is 14.8 Å². The molecule has 1 atom stereocenters. The van der Waals surface area contributed by atoms with E-state index in [4.69, 9.17) is 9.47 Å². The molecule has 0 fully saturated rings. The molecule has 0 aliphatic heterocycles. The molecule has 0 saturated heterocycles. The molecule has 20 heavy (non-hydrogen) atoms. The standard InChI is InChI=1S/C14H18FNO4/c1-9(7-19-3)16-14(18)8-20-13-5-4-11(10(2)17)6-12(13)15/h4-6,9H,7-8H2,1-3H3,(H,16,18). The maximum Gasteiger partial charge on any atom is 0.258 e. The number of nitrogens with one attached hydrogen (secondary N) is 1. The molecule has 1 rings (SSSR count). The van der Waals surface area contributed by atoms with Crippen LogP contribution in [0.4, 0.5) is 4.39 Å². The topological polar surface area (TPSA) is 64.6 Å². The molecule has 0 radical (unpaired) electrons. The lowest BCUT2D eigenvalue weighted by Crippen LogP contribution is -2.38. The molecular weight excluding hydrogens is 265 g/mol. The van der Waals surface area contributed by atoms with Crippen molar-refractivity contribution in [1.82, 2.24) is 5.32 Å². The predicted octanol–water partition coefficient (Wildman–Crippen LogP) is 1.56. The van der Waals surface area contributed by atoms with E-state index >= 15 is 0 Å². The van der Waals surface area contributed by atoms with Crippen LogP contribution in [0.2, 0.25) is 0 Å². The Kier molecular flexibility index (Phi) is 6.11. The highest BCUT2D eigenvalue weighted by Crippen LogP contribution is 2.18. The molecule has 0 saturated carbocycles. The van der Waals surface area contributed by atoms with Crippen molar-refractivity contribution in [2.45, 2.75) is 19.9 Å². The van der Waals surface area contributed by atoms with Crippen molar-refractivity contribution < 1.29 is 23.5 Å². The summed E-state index contributed by atoms with van der Waals surface area (Å²) >= 11 is 0. The summed E-state index contributed by atoms with van der Waals surface area (Å²) in [7, 11) is 1.53. The molecule has 6 heteroatoms. The summed E-state index contributed by atoms with van der Waals surface area (Å²) in [6.45, 7) is 3.21. The second-order valence-electron chi connectivity index (χ2n) is 4.41. The van der Waals surface area contributed by atoms with Gasteiger partial charge in [-0.25, -0.2) is 4.39 Å². The number of amides is 1. The Hall–Kier alpha value is -1.95. The smallest absolute Gasteiger partial charge is 0.258 e. The Morgan fingerprint density at radius 3 is 2.65 bits per heavy atom. The van der Waals surface area contributed by atoms with Crippen molar-refractivity contribution >= 4 is 11.7 Å². The number of carbonyl (C=O) groups is 2. The van der Waals surface area contributed by atoms with Crippen molar-refractivity contribution in [3.8, 4) is 5.75 Å². The van der Waals surface area contributed by atoms with Crippen LogP contribution in [-0.4, -0.2) is 38.1 Å². The zero-order valence-electron chi connectivity index (χ0n) is 11.7. The van der Waals surface area contributed by atoms with E-state index in [2.05, 4.69) is 5.32 Å². The Balaban J connectivity index is 2.53. The van der Waals surface area contributed by atoms with Crippen LogP contribution in [0, 0.1) is 5.82 Å². The van der Waals surface area contributed by atoms with Crippen LogP contribution in [0.1, 0.15) is 24.2 Å². The van der Waals surface area contributed by atoms with Gasteiger partial charge in [0.25, 0.3) is 5.91 Å². The zero-order chi connectivity index (χ0) is 15.1. The minimum absolute atomic E-state index is 0.0652. The van der Waals surface area contributed by atoms with Crippen molar-refractivity contribution in [3.05, 3.63) is 29.6 Å². The molecule has 1 amide bonds. The molecule has 0 bridgehead atoms. The van der Waals surface area contributed by atoms with Crippen molar-refractivity contribution in [2.24, 2.45) is 0 Å². The largest absolute Gasteiger partial charge is 0.481 e. The highest BCUT2D eigenvalue weighted by atomic mass is 19.1. The molecule has 0 aliphatic rings. The van der Waals surface area contributed by atoms with Crippen LogP contribution in [0.3, 0.4) is 0 Å². The third-order valence-electron chi connectivity index (χ3n) is 2.52. The quantitative estimate of drug-likeness (QED) is 0.771. The highest BCUT2D eigenvalue weighted by molar-refractivity contribution is 5.94. The van der Waals surface area contributed by atoms with Crippen molar-refractivity contribution in [2.75, 3.05) is 20.3 Å². The van der Waals surface area contributed by atoms with Gasteiger partial charge in [-0.05, 0) is 32.0 Å². The predicted molar refractivity (Wildman–Crippen MR) is 71.4 cm³/mol. The first-order valence-electron chi connectivity index (χ1n) is 6.15. The van der Waals surface area contributed by atoms with Gasteiger partial charge in [-0.1, -0.05) is 0 Å². The van der Waals surface area contributed by atoms with E-state index in [1.165, 1.54) is 26.2 Å². The van der Waals surface area contributed by atoms with E-state index in [1.54, 1.807) is 6.92 Å². The fourth-order valence-electron chi connectivity index (χ4n) is 1.59. The van der Waals surface area contributed by atoms with Gasteiger partial charge in [-0.3, -0.25) is 9.59 Å². The molecule has 0 heterocycles. The summed E-state index contributed by atoms with van der Waals surface area (Å²) in [4.78, 5) is 22.6. The number of ether oxygens (including phenoxy) is 2. The molecule has 1 N–H and O–H groups in total. The molecule has 1 aromatic carbocycles. The summed E-state index contributed by atoms with van der Waals surface area (Å²) < 4.78 is 23.6. The summed E-state index contributed by atoms with van der Waals surface area (Å²) in [5, 5.41) is 2.63. The van der Waals surface area contributed by atoms with Crippen LogP contribution in [0.25, 0.3) is 0 Å². The Labute approximate surface area is 117 Å². The van der Waals surface area contributed by atoms with Crippen LogP contribution >= 0.6 is 0 Å². The highest BCUT2D eigenvalue weighted by Gasteiger charge is 2.11. The lowest BCUT2D eigenvalue weighted by Gasteiger charge is -2.13. The van der Waals surface area contributed by atoms with E-state index in [1.807, 2.05) is 0 Å². The molecule has 1 aromatic rings. The molecule has 110 valence electrons. The number of rotatable bonds is 7. The molecule has 1 unspecified atom stereocenters. The third-order valence-corrected chi connectivity index (χ3v) is 2.52. The summed E-state index contributed by atoms with van der Waals surface area (Å²) in [5.41, 5.74) is 0.257. The summed E-state index contributed by atoms with van der Waals surface area (Å²) in [5.74, 6) is -1.34. The fraction of sp³-hybridized carbons (Fsp3) is 0.429. The van der Waals surface area contributed by atoms with Crippen LogP contribution in [0.5, 0.6) is 5.75 Å². The maximum absolute atomic E-state index is 13.6. The first-order valence-corrected chi connectivity index (χ1v) is 6.15. The van der Waals surface area contributed by atoms with Gasteiger partial charge in [-0.2, -0.15) is 0 Å². The summed E-state index contributed by atoms with van der Waals surface area (Å²) in [6.07, 6.45) is 0. The van der Waals surface area contributed by atoms with Gasteiger partial charge in [-0.15, -0.1) is 0 Å². The first-order chi connectivity index (χ1) is 9.43. The first kappa shape index (κ1) is 16.1. The maximum atomic E-state index is 13.6. The van der Waals surface area contributed by atoms with E-state index < -0.39 is 5.82 Å². The van der Waals surface area contributed by atoms with Gasteiger partial charge in [0.05, 0.1) is 6.61 Å². The number of benzene rings is 1. The Bertz CT molecular complexity index is 490. The fourth-order valence-corrected chi connectivity index (χ4v) is 1.59. The van der Waals surface area contributed by atoms with E-state index in [-0.39, 0.29) is 35.7 Å². The van der Waals surface area contributed by atoms with Gasteiger partial charge in [0.2, 0.25) is 0 Å². The molecule has 0 spiro atoms. The number of Topliss-reactive ketones (excluding diaryl/α,β-unsaturated/α-hetero) is 1. The minimum atomic E-state index is -0.671.